The van der Waals surface area contributed by atoms with Gasteiger partial charge in [0.1, 0.15) is 0 Å². The number of carboxylic acid groups (broad SMARTS) is 1. The highest BCUT2D eigenvalue weighted by atomic mass is 35.5. The van der Waals surface area contributed by atoms with E-state index >= 15 is 0 Å². The van der Waals surface area contributed by atoms with E-state index < -0.39 is 5.97 Å². The van der Waals surface area contributed by atoms with E-state index in [0.29, 0.717) is 0 Å². The van der Waals surface area contributed by atoms with E-state index in [9.17, 15) is 4.79 Å². The van der Waals surface area contributed by atoms with Crippen molar-refractivity contribution in [1.82, 2.24) is 0 Å². The summed E-state index contributed by atoms with van der Waals surface area (Å²) in [7, 11) is 0. The molecular weight excluding hydrogens is 292 g/mol. The zero-order valence-corrected chi connectivity index (χ0v) is 12.9. The van der Waals surface area contributed by atoms with Crippen LogP contribution in [0.4, 0.5) is 0 Å². The van der Waals surface area contributed by atoms with E-state index in [0.717, 1.165) is 10.6 Å². The highest BCUT2D eigenvalue weighted by molar-refractivity contribution is 7.98. The second-order valence-electron chi connectivity index (χ2n) is 4.73. The maximum atomic E-state index is 10.9. The third-order valence-corrected chi connectivity index (χ3v) is 4.24. The number of halogens is 1. The predicted molar refractivity (Wildman–Crippen MR) is 83.9 cm³/mol. The molecule has 0 aliphatic heterocycles. The molecular formula is C16H15ClO2S. The average Bonchev–Trinajstić information content (AvgIpc) is 2.35. The fraction of sp³-hybridized carbons (Fsp3) is 0.188. The Bertz CT molecular complexity index is 633. The van der Waals surface area contributed by atoms with Gasteiger partial charge >= 0.3 is 5.97 Å². The van der Waals surface area contributed by atoms with E-state index in [-0.39, 0.29) is 10.6 Å². The van der Waals surface area contributed by atoms with Gasteiger partial charge in [-0.2, -0.15) is 0 Å². The molecule has 2 nitrogen and oxygen atoms in total. The van der Waals surface area contributed by atoms with Crippen LogP contribution in [0.15, 0.2) is 41.3 Å². The molecule has 0 atom stereocenters. The van der Waals surface area contributed by atoms with Crippen LogP contribution in [0.5, 0.6) is 0 Å². The van der Waals surface area contributed by atoms with Gasteiger partial charge in [0, 0.05) is 10.6 Å². The van der Waals surface area contributed by atoms with Gasteiger partial charge in [-0.15, -0.1) is 11.8 Å². The molecule has 2 rings (SSSR count). The Morgan fingerprint density at radius 2 is 1.80 bits per heavy atom. The highest BCUT2D eigenvalue weighted by Gasteiger charge is 2.09. The van der Waals surface area contributed by atoms with Crippen LogP contribution < -0.4 is 0 Å². The molecule has 0 spiro atoms. The molecule has 0 heterocycles. The molecule has 2 aromatic carbocycles. The maximum absolute atomic E-state index is 10.9. The molecule has 20 heavy (non-hydrogen) atoms. The third-order valence-electron chi connectivity index (χ3n) is 2.86. The van der Waals surface area contributed by atoms with E-state index in [1.54, 1.807) is 30.0 Å². The number of hydrogen-bond donors (Lipinski definition) is 1. The summed E-state index contributed by atoms with van der Waals surface area (Å²) < 4.78 is 0. The van der Waals surface area contributed by atoms with Crippen LogP contribution >= 0.6 is 23.4 Å². The number of aromatic carboxylic acids is 1. The molecule has 0 unspecified atom stereocenters. The zero-order chi connectivity index (χ0) is 14.7. The quantitative estimate of drug-likeness (QED) is 0.812. The topological polar surface area (TPSA) is 37.3 Å². The Balaban J connectivity index is 2.11. The van der Waals surface area contributed by atoms with Crippen molar-refractivity contribution in [3.05, 3.63) is 63.7 Å². The predicted octanol–water partition coefficient (Wildman–Crippen LogP) is 4.95. The maximum Gasteiger partial charge on any atom is 0.337 e. The van der Waals surface area contributed by atoms with Crippen LogP contribution in [0.3, 0.4) is 0 Å². The molecule has 2 aromatic rings. The standard InChI is InChI=1S/C16H15ClO2S/c1-10-5-11(2)7-12(6-10)9-20-13-3-4-14(16(18)19)15(17)8-13/h3-8H,9H2,1-2H3,(H,18,19). The van der Waals surface area contributed by atoms with Crippen molar-refractivity contribution in [2.24, 2.45) is 0 Å². The lowest BCUT2D eigenvalue weighted by atomic mass is 10.1. The van der Waals surface area contributed by atoms with Gasteiger partial charge in [-0.25, -0.2) is 4.79 Å². The van der Waals surface area contributed by atoms with Crippen LogP contribution in [-0.4, -0.2) is 11.1 Å². The Labute approximate surface area is 127 Å². The van der Waals surface area contributed by atoms with Gasteiger partial charge in [0.15, 0.2) is 0 Å². The highest BCUT2D eigenvalue weighted by Crippen LogP contribution is 2.28. The first-order chi connectivity index (χ1) is 9.45. The molecule has 1 N–H and O–H groups in total. The number of rotatable bonds is 4. The first kappa shape index (κ1) is 14.9. The van der Waals surface area contributed by atoms with E-state index in [1.807, 2.05) is 0 Å². The van der Waals surface area contributed by atoms with E-state index in [2.05, 4.69) is 32.0 Å². The van der Waals surface area contributed by atoms with Crippen LogP contribution in [0.2, 0.25) is 5.02 Å². The number of benzene rings is 2. The van der Waals surface area contributed by atoms with Crippen molar-refractivity contribution in [3.8, 4) is 0 Å². The van der Waals surface area contributed by atoms with Crippen molar-refractivity contribution < 1.29 is 9.90 Å². The van der Waals surface area contributed by atoms with Crippen molar-refractivity contribution in [2.45, 2.75) is 24.5 Å². The minimum absolute atomic E-state index is 0.141. The fourth-order valence-electron chi connectivity index (χ4n) is 2.08. The van der Waals surface area contributed by atoms with Crippen LogP contribution in [-0.2, 0) is 5.75 Å². The molecule has 0 bridgehead atoms. The van der Waals surface area contributed by atoms with Crippen molar-refractivity contribution in [3.63, 3.8) is 0 Å². The summed E-state index contributed by atoms with van der Waals surface area (Å²) in [6.45, 7) is 4.17. The number of hydrogen-bond acceptors (Lipinski definition) is 2. The van der Waals surface area contributed by atoms with Gasteiger partial charge in [-0.1, -0.05) is 40.9 Å². The lowest BCUT2D eigenvalue weighted by molar-refractivity contribution is 0.0697. The first-order valence-corrected chi connectivity index (χ1v) is 7.55. The van der Waals surface area contributed by atoms with E-state index in [4.69, 9.17) is 16.7 Å². The smallest absolute Gasteiger partial charge is 0.337 e. The Morgan fingerprint density at radius 1 is 1.15 bits per heavy atom. The molecule has 0 saturated heterocycles. The molecule has 0 saturated carbocycles. The Morgan fingerprint density at radius 3 is 2.35 bits per heavy atom. The molecule has 0 radical (unpaired) electrons. The SMILES string of the molecule is Cc1cc(C)cc(CSc2ccc(C(=O)O)c(Cl)c2)c1. The summed E-state index contributed by atoms with van der Waals surface area (Å²) in [5, 5.41) is 9.21. The molecule has 104 valence electrons. The lowest BCUT2D eigenvalue weighted by Gasteiger charge is -2.06. The van der Waals surface area contributed by atoms with Gasteiger partial charge < -0.3 is 5.11 Å². The summed E-state index contributed by atoms with van der Waals surface area (Å²) in [6.07, 6.45) is 0. The first-order valence-electron chi connectivity index (χ1n) is 6.18. The van der Waals surface area contributed by atoms with Crippen LogP contribution in [0, 0.1) is 13.8 Å². The molecule has 0 aromatic heterocycles. The number of carboxylic acids is 1. The number of aryl methyl sites for hydroxylation is 2. The summed E-state index contributed by atoms with van der Waals surface area (Å²) in [5.41, 5.74) is 3.90. The fourth-order valence-corrected chi connectivity index (χ4v) is 3.27. The van der Waals surface area contributed by atoms with Crippen molar-refractivity contribution in [1.29, 1.82) is 0 Å². The van der Waals surface area contributed by atoms with Crippen molar-refractivity contribution in [2.75, 3.05) is 0 Å². The number of thioether (sulfide) groups is 1. The minimum atomic E-state index is -0.999. The molecule has 4 heteroatoms. The second-order valence-corrected chi connectivity index (χ2v) is 6.19. The van der Waals surface area contributed by atoms with Crippen LogP contribution in [0.1, 0.15) is 27.0 Å². The summed E-state index contributed by atoms with van der Waals surface area (Å²) in [5.74, 6) is -0.161. The molecule has 0 aliphatic rings. The lowest BCUT2D eigenvalue weighted by Crippen LogP contribution is -1.96. The average molecular weight is 307 g/mol. The minimum Gasteiger partial charge on any atom is -0.478 e. The number of carbonyl (C=O) groups is 1. The van der Waals surface area contributed by atoms with Gasteiger partial charge in [0.05, 0.1) is 10.6 Å². The van der Waals surface area contributed by atoms with Crippen LogP contribution in [0.25, 0.3) is 0 Å². The second kappa shape index (κ2) is 6.33. The zero-order valence-electron chi connectivity index (χ0n) is 11.3. The Kier molecular flexibility index (Phi) is 4.73. The van der Waals surface area contributed by atoms with E-state index in [1.165, 1.54) is 16.7 Å². The summed E-state index contributed by atoms with van der Waals surface area (Å²) >= 11 is 7.61. The normalized spacial score (nSPS) is 10.6. The monoisotopic (exact) mass is 306 g/mol. The Hall–Kier alpha value is -1.45. The van der Waals surface area contributed by atoms with Gasteiger partial charge in [-0.05, 0) is 37.6 Å². The third kappa shape index (κ3) is 3.78. The van der Waals surface area contributed by atoms with Gasteiger partial charge in [-0.3, -0.25) is 0 Å². The van der Waals surface area contributed by atoms with Gasteiger partial charge in [0.2, 0.25) is 0 Å². The summed E-state index contributed by atoms with van der Waals surface area (Å²) in [4.78, 5) is 11.9. The molecule has 0 fully saturated rings. The summed E-state index contributed by atoms with van der Waals surface area (Å²) in [6, 6.07) is 11.5. The molecule has 0 amide bonds. The van der Waals surface area contributed by atoms with Crippen molar-refractivity contribution >= 4 is 29.3 Å². The molecule has 0 aliphatic carbocycles. The largest absolute Gasteiger partial charge is 0.478 e. The van der Waals surface area contributed by atoms with Gasteiger partial charge in [0.25, 0.3) is 0 Å².